The van der Waals surface area contributed by atoms with E-state index >= 15 is 0 Å². The van der Waals surface area contributed by atoms with Crippen LogP contribution in [0.25, 0.3) is 0 Å². The van der Waals surface area contributed by atoms with Crippen molar-refractivity contribution in [2.24, 2.45) is 0 Å². The van der Waals surface area contributed by atoms with Gasteiger partial charge in [0.1, 0.15) is 0 Å². The second-order valence-electron chi connectivity index (χ2n) is 2.94. The molecule has 0 spiro atoms. The van der Waals surface area contributed by atoms with Gasteiger partial charge < -0.3 is 10.0 Å². The van der Waals surface area contributed by atoms with E-state index < -0.39 is 16.8 Å². The molecule has 0 fully saturated rings. The third-order valence-corrected chi connectivity index (χ3v) is 1.94. The molecule has 0 unspecified atom stereocenters. The summed E-state index contributed by atoms with van der Waals surface area (Å²) in [5.41, 5.74) is 0.151. The van der Waals surface area contributed by atoms with Crippen molar-refractivity contribution in [2.75, 3.05) is 11.9 Å². The molecule has 0 bridgehead atoms. The van der Waals surface area contributed by atoms with Crippen molar-refractivity contribution in [3.05, 3.63) is 34.4 Å². The molecule has 1 amide bonds. The molecule has 0 radical (unpaired) electrons. The summed E-state index contributed by atoms with van der Waals surface area (Å²) in [6.07, 6.45) is 0. The largest absolute Gasteiger partial charge is 0.474 e. The summed E-state index contributed by atoms with van der Waals surface area (Å²) in [7, 11) is 1.28. The van der Waals surface area contributed by atoms with E-state index in [1.165, 1.54) is 31.3 Å². The maximum Gasteiger partial charge on any atom is 0.394 e. The minimum absolute atomic E-state index is 0.125. The molecule has 0 atom stereocenters. The molecule has 1 aromatic rings. The van der Waals surface area contributed by atoms with Gasteiger partial charge in [0, 0.05) is 24.9 Å². The van der Waals surface area contributed by atoms with Gasteiger partial charge in [-0.1, -0.05) is 0 Å². The molecule has 0 heterocycles. The number of hydrogen-bond acceptors (Lipinski definition) is 4. The van der Waals surface area contributed by atoms with Crippen LogP contribution < -0.4 is 4.90 Å². The van der Waals surface area contributed by atoms with Gasteiger partial charge in [0.2, 0.25) is 0 Å². The molecule has 0 aliphatic heterocycles. The average Bonchev–Trinajstić information content (AvgIpc) is 2.27. The van der Waals surface area contributed by atoms with Gasteiger partial charge in [-0.15, -0.1) is 0 Å². The number of carbonyl (C=O) groups is 2. The summed E-state index contributed by atoms with van der Waals surface area (Å²) in [6.45, 7) is 0. The molecule has 16 heavy (non-hydrogen) atoms. The van der Waals surface area contributed by atoms with E-state index in [4.69, 9.17) is 5.11 Å². The Labute approximate surface area is 90.1 Å². The molecule has 7 nitrogen and oxygen atoms in total. The molecule has 84 valence electrons. The minimum atomic E-state index is -1.58. The maximum absolute atomic E-state index is 11.1. The lowest BCUT2D eigenvalue weighted by Gasteiger charge is -2.13. The normalized spacial score (nSPS) is 9.56. The van der Waals surface area contributed by atoms with E-state index in [1.54, 1.807) is 0 Å². The van der Waals surface area contributed by atoms with Gasteiger partial charge in [0.15, 0.2) is 0 Å². The number of carbonyl (C=O) groups excluding carboxylic acids is 1. The Balaban J connectivity index is 2.94. The standard InChI is InChI=1S/C9H8N2O5/c1-10(8(12)9(13)14)6-2-4-7(5-3-6)11(15)16/h2-5H,1H3,(H,13,14). The van der Waals surface area contributed by atoms with Crippen LogP contribution in [0.5, 0.6) is 0 Å². The summed E-state index contributed by atoms with van der Waals surface area (Å²) >= 11 is 0. The van der Waals surface area contributed by atoms with E-state index in [2.05, 4.69) is 0 Å². The first kappa shape index (κ1) is 11.6. The number of nitro groups is 1. The summed E-state index contributed by atoms with van der Waals surface area (Å²) in [6, 6.07) is 5.00. The number of carboxylic acids is 1. The van der Waals surface area contributed by atoms with Crippen LogP contribution in [0.3, 0.4) is 0 Å². The zero-order chi connectivity index (χ0) is 12.3. The third-order valence-electron chi connectivity index (χ3n) is 1.94. The number of non-ortho nitro benzene ring substituents is 1. The first-order valence-electron chi connectivity index (χ1n) is 4.19. The number of nitro benzene ring substituents is 1. The first-order valence-corrected chi connectivity index (χ1v) is 4.19. The van der Waals surface area contributed by atoms with E-state index in [0.29, 0.717) is 0 Å². The summed E-state index contributed by atoms with van der Waals surface area (Å²) in [5.74, 6) is -2.69. The van der Waals surface area contributed by atoms with Crippen LogP contribution in [0.4, 0.5) is 11.4 Å². The highest BCUT2D eigenvalue weighted by atomic mass is 16.6. The van der Waals surface area contributed by atoms with Crippen LogP contribution in [0, 0.1) is 10.1 Å². The number of amides is 1. The molecule has 0 aliphatic carbocycles. The molecule has 1 rings (SSSR count). The average molecular weight is 224 g/mol. The van der Waals surface area contributed by atoms with E-state index in [0.717, 1.165) is 4.90 Å². The third kappa shape index (κ3) is 2.32. The molecular weight excluding hydrogens is 216 g/mol. The monoisotopic (exact) mass is 224 g/mol. The van der Waals surface area contributed by atoms with Crippen LogP contribution in [0.15, 0.2) is 24.3 Å². The molecular formula is C9H8N2O5. The van der Waals surface area contributed by atoms with E-state index in [-0.39, 0.29) is 11.4 Å². The van der Waals surface area contributed by atoms with Gasteiger partial charge >= 0.3 is 11.9 Å². The van der Waals surface area contributed by atoms with Gasteiger partial charge in [0.05, 0.1) is 4.92 Å². The Morgan fingerprint density at radius 1 is 1.31 bits per heavy atom. The molecule has 1 aromatic carbocycles. The number of benzene rings is 1. The van der Waals surface area contributed by atoms with Crippen molar-refractivity contribution in [3.63, 3.8) is 0 Å². The Hall–Kier alpha value is -2.44. The van der Waals surface area contributed by atoms with Crippen molar-refractivity contribution < 1.29 is 19.6 Å². The van der Waals surface area contributed by atoms with E-state index in [1.807, 2.05) is 0 Å². The van der Waals surface area contributed by atoms with Gasteiger partial charge in [-0.05, 0) is 12.1 Å². The lowest BCUT2D eigenvalue weighted by atomic mass is 10.2. The second-order valence-corrected chi connectivity index (χ2v) is 2.94. The summed E-state index contributed by atoms with van der Waals surface area (Å²) < 4.78 is 0. The van der Waals surface area contributed by atoms with Crippen molar-refractivity contribution in [1.82, 2.24) is 0 Å². The number of likely N-dealkylation sites (N-methyl/N-ethyl adjacent to an activating group) is 1. The fraction of sp³-hybridized carbons (Fsp3) is 0.111. The van der Waals surface area contributed by atoms with Crippen LogP contribution in [-0.2, 0) is 9.59 Å². The van der Waals surface area contributed by atoms with Crippen LogP contribution in [0.2, 0.25) is 0 Å². The topological polar surface area (TPSA) is 101 Å². The molecule has 0 saturated heterocycles. The van der Waals surface area contributed by atoms with Crippen molar-refractivity contribution in [3.8, 4) is 0 Å². The summed E-state index contributed by atoms with van der Waals surface area (Å²) in [5, 5.41) is 18.8. The lowest BCUT2D eigenvalue weighted by Crippen LogP contribution is -2.32. The number of nitrogens with zero attached hydrogens (tertiary/aromatic N) is 2. The Bertz CT molecular complexity index is 440. The Morgan fingerprint density at radius 3 is 2.19 bits per heavy atom. The Morgan fingerprint density at radius 2 is 1.81 bits per heavy atom. The molecule has 1 N–H and O–H groups in total. The van der Waals surface area contributed by atoms with Crippen molar-refractivity contribution in [2.45, 2.75) is 0 Å². The maximum atomic E-state index is 11.1. The Kier molecular flexibility index (Phi) is 3.19. The minimum Gasteiger partial charge on any atom is -0.474 e. The van der Waals surface area contributed by atoms with Gasteiger partial charge in [-0.3, -0.25) is 14.9 Å². The lowest BCUT2D eigenvalue weighted by molar-refractivity contribution is -0.384. The second kappa shape index (κ2) is 4.39. The van der Waals surface area contributed by atoms with E-state index in [9.17, 15) is 19.7 Å². The highest BCUT2D eigenvalue weighted by Gasteiger charge is 2.18. The van der Waals surface area contributed by atoms with Crippen molar-refractivity contribution >= 4 is 23.3 Å². The van der Waals surface area contributed by atoms with Crippen LogP contribution >= 0.6 is 0 Å². The number of hydrogen-bond donors (Lipinski definition) is 1. The van der Waals surface area contributed by atoms with Gasteiger partial charge in [-0.2, -0.15) is 0 Å². The van der Waals surface area contributed by atoms with Crippen LogP contribution in [-0.4, -0.2) is 29.0 Å². The fourth-order valence-electron chi connectivity index (χ4n) is 1.06. The SMILES string of the molecule is CN(C(=O)C(=O)O)c1ccc([N+](=O)[O-])cc1. The predicted octanol–water partition coefficient (Wildman–Crippen LogP) is 0.642. The molecule has 0 aliphatic rings. The quantitative estimate of drug-likeness (QED) is 0.451. The number of rotatable bonds is 2. The molecule has 7 heteroatoms. The smallest absolute Gasteiger partial charge is 0.394 e. The number of aliphatic carboxylic acids is 1. The molecule has 0 saturated carbocycles. The zero-order valence-corrected chi connectivity index (χ0v) is 8.28. The predicted molar refractivity (Wildman–Crippen MR) is 54.1 cm³/mol. The first-order chi connectivity index (χ1) is 7.43. The van der Waals surface area contributed by atoms with Gasteiger partial charge in [-0.25, -0.2) is 4.79 Å². The highest BCUT2D eigenvalue weighted by molar-refractivity contribution is 6.37. The molecule has 0 aromatic heterocycles. The van der Waals surface area contributed by atoms with Crippen molar-refractivity contribution in [1.29, 1.82) is 0 Å². The zero-order valence-electron chi connectivity index (χ0n) is 8.28. The van der Waals surface area contributed by atoms with Crippen LogP contribution in [0.1, 0.15) is 0 Å². The summed E-state index contributed by atoms with van der Waals surface area (Å²) in [4.78, 5) is 32.1. The number of anilines is 1. The van der Waals surface area contributed by atoms with Gasteiger partial charge in [0.25, 0.3) is 5.69 Å². The highest BCUT2D eigenvalue weighted by Crippen LogP contribution is 2.18. The number of carboxylic acid groups (broad SMARTS) is 1. The fourth-order valence-corrected chi connectivity index (χ4v) is 1.06.